The van der Waals surface area contributed by atoms with Gasteiger partial charge in [-0.15, -0.1) is 0 Å². The number of hydrogen-bond donors (Lipinski definition) is 2. The summed E-state index contributed by atoms with van der Waals surface area (Å²) in [6, 6.07) is 11.8. The SMILES string of the molecule is CCOc1ccccc1NC(=O)NCCC1CCN(S(=O)(=O)c2ccc(F)cc2)CC1. The highest BCUT2D eigenvalue weighted by molar-refractivity contribution is 7.89. The average Bonchev–Trinajstić information content (AvgIpc) is 2.76. The van der Waals surface area contributed by atoms with E-state index in [2.05, 4.69) is 10.6 Å². The quantitative estimate of drug-likeness (QED) is 0.641. The predicted molar refractivity (Wildman–Crippen MR) is 117 cm³/mol. The topological polar surface area (TPSA) is 87.7 Å². The van der Waals surface area contributed by atoms with Gasteiger partial charge in [0.25, 0.3) is 0 Å². The van der Waals surface area contributed by atoms with E-state index >= 15 is 0 Å². The van der Waals surface area contributed by atoms with E-state index < -0.39 is 15.8 Å². The largest absolute Gasteiger partial charge is 0.492 e. The van der Waals surface area contributed by atoms with Crippen molar-refractivity contribution in [3.05, 3.63) is 54.3 Å². The summed E-state index contributed by atoms with van der Waals surface area (Å²) in [5, 5.41) is 5.64. The Labute approximate surface area is 182 Å². The van der Waals surface area contributed by atoms with Gasteiger partial charge < -0.3 is 15.4 Å². The number of ether oxygens (including phenoxy) is 1. The van der Waals surface area contributed by atoms with Crippen LogP contribution in [0.4, 0.5) is 14.9 Å². The van der Waals surface area contributed by atoms with E-state index in [-0.39, 0.29) is 10.9 Å². The number of anilines is 1. The number of para-hydroxylation sites is 2. The summed E-state index contributed by atoms with van der Waals surface area (Å²) in [6.07, 6.45) is 2.21. The number of amides is 2. The van der Waals surface area contributed by atoms with Crippen LogP contribution in [0.2, 0.25) is 0 Å². The van der Waals surface area contributed by atoms with Crippen molar-refractivity contribution in [3.8, 4) is 5.75 Å². The average molecular weight is 450 g/mol. The molecule has 9 heteroatoms. The minimum absolute atomic E-state index is 0.109. The van der Waals surface area contributed by atoms with E-state index in [0.717, 1.165) is 31.4 Å². The van der Waals surface area contributed by atoms with Crippen LogP contribution in [-0.4, -0.2) is 45.0 Å². The highest BCUT2D eigenvalue weighted by atomic mass is 32.2. The summed E-state index contributed by atoms with van der Waals surface area (Å²) in [5.74, 6) is 0.487. The number of piperidine rings is 1. The number of urea groups is 1. The zero-order valence-corrected chi connectivity index (χ0v) is 18.3. The lowest BCUT2D eigenvalue weighted by atomic mass is 9.95. The third-order valence-corrected chi connectivity index (χ3v) is 7.21. The van der Waals surface area contributed by atoms with Crippen molar-refractivity contribution in [3.63, 3.8) is 0 Å². The summed E-state index contributed by atoms with van der Waals surface area (Å²) in [6.45, 7) is 3.72. The molecule has 0 spiro atoms. The summed E-state index contributed by atoms with van der Waals surface area (Å²) in [7, 11) is -3.60. The fourth-order valence-electron chi connectivity index (χ4n) is 3.60. The molecule has 1 fully saturated rings. The van der Waals surface area contributed by atoms with E-state index in [4.69, 9.17) is 4.74 Å². The number of sulfonamides is 1. The first-order valence-electron chi connectivity index (χ1n) is 10.4. The van der Waals surface area contributed by atoms with Gasteiger partial charge in [0.05, 0.1) is 17.2 Å². The molecule has 1 heterocycles. The van der Waals surface area contributed by atoms with Crippen LogP contribution in [0.25, 0.3) is 0 Å². The molecule has 31 heavy (non-hydrogen) atoms. The Hall–Kier alpha value is -2.65. The molecule has 1 aliphatic heterocycles. The number of benzene rings is 2. The fraction of sp³-hybridized carbons (Fsp3) is 0.409. The molecule has 7 nitrogen and oxygen atoms in total. The number of nitrogens with zero attached hydrogens (tertiary/aromatic N) is 1. The Bertz CT molecular complexity index is 975. The van der Waals surface area contributed by atoms with E-state index in [1.54, 1.807) is 12.1 Å². The van der Waals surface area contributed by atoms with E-state index in [9.17, 15) is 17.6 Å². The lowest BCUT2D eigenvalue weighted by Gasteiger charge is -2.31. The van der Waals surface area contributed by atoms with Crippen LogP contribution in [0.1, 0.15) is 26.2 Å². The lowest BCUT2D eigenvalue weighted by molar-refractivity contribution is 0.245. The lowest BCUT2D eigenvalue weighted by Crippen LogP contribution is -2.39. The maximum Gasteiger partial charge on any atom is 0.319 e. The maximum absolute atomic E-state index is 13.1. The van der Waals surface area contributed by atoms with Crippen molar-refractivity contribution in [2.24, 2.45) is 5.92 Å². The zero-order chi connectivity index (χ0) is 22.3. The van der Waals surface area contributed by atoms with Gasteiger partial charge >= 0.3 is 6.03 Å². The van der Waals surface area contributed by atoms with E-state index in [0.29, 0.717) is 43.6 Å². The van der Waals surface area contributed by atoms with Crippen molar-refractivity contribution < 1.29 is 22.3 Å². The minimum atomic E-state index is -3.60. The number of halogens is 1. The highest BCUT2D eigenvalue weighted by Crippen LogP contribution is 2.26. The summed E-state index contributed by atoms with van der Waals surface area (Å²) >= 11 is 0. The first-order chi connectivity index (χ1) is 14.9. The van der Waals surface area contributed by atoms with Crippen molar-refractivity contribution >= 4 is 21.7 Å². The van der Waals surface area contributed by atoms with E-state index in [1.807, 2.05) is 19.1 Å². The van der Waals surface area contributed by atoms with Gasteiger partial charge in [-0.3, -0.25) is 0 Å². The van der Waals surface area contributed by atoms with E-state index in [1.165, 1.54) is 16.4 Å². The molecule has 0 bridgehead atoms. The molecule has 3 rings (SSSR count). The molecule has 1 aliphatic rings. The molecular weight excluding hydrogens is 421 g/mol. The summed E-state index contributed by atoms with van der Waals surface area (Å²) in [4.78, 5) is 12.3. The van der Waals surface area contributed by atoms with Gasteiger partial charge in [0.1, 0.15) is 11.6 Å². The van der Waals surface area contributed by atoms with Crippen LogP contribution in [-0.2, 0) is 10.0 Å². The smallest absolute Gasteiger partial charge is 0.319 e. The molecule has 2 aromatic rings. The third kappa shape index (κ3) is 6.18. The Morgan fingerprint density at radius 2 is 1.81 bits per heavy atom. The first-order valence-corrected chi connectivity index (χ1v) is 11.9. The molecular formula is C22H28FN3O4S. The van der Waals surface area contributed by atoms with Gasteiger partial charge in [0, 0.05) is 19.6 Å². The standard InChI is InChI=1S/C22H28FN3O4S/c1-2-30-21-6-4-3-5-20(21)25-22(27)24-14-11-17-12-15-26(16-13-17)31(28,29)19-9-7-18(23)8-10-19/h3-10,17H,2,11-16H2,1H3,(H2,24,25,27). The van der Waals surface area contributed by atoms with Crippen LogP contribution in [0, 0.1) is 11.7 Å². The Balaban J connectivity index is 1.42. The van der Waals surface area contributed by atoms with Crippen molar-refractivity contribution in [1.29, 1.82) is 0 Å². The maximum atomic E-state index is 13.1. The number of nitrogens with one attached hydrogen (secondary N) is 2. The molecule has 1 saturated heterocycles. The molecule has 168 valence electrons. The fourth-order valence-corrected chi connectivity index (χ4v) is 5.07. The number of hydrogen-bond acceptors (Lipinski definition) is 4. The number of carbonyl (C=O) groups is 1. The normalized spacial score (nSPS) is 15.4. The molecule has 0 unspecified atom stereocenters. The van der Waals surface area contributed by atoms with Crippen LogP contribution in [0.15, 0.2) is 53.4 Å². The van der Waals surface area contributed by atoms with Crippen molar-refractivity contribution in [1.82, 2.24) is 9.62 Å². The van der Waals surface area contributed by atoms with Crippen molar-refractivity contribution in [2.75, 3.05) is 31.6 Å². The van der Waals surface area contributed by atoms with Crippen LogP contribution >= 0.6 is 0 Å². The first kappa shape index (κ1) is 23.0. The van der Waals surface area contributed by atoms with Gasteiger partial charge in [0.2, 0.25) is 10.0 Å². The number of rotatable bonds is 8. The molecule has 0 atom stereocenters. The highest BCUT2D eigenvalue weighted by Gasteiger charge is 2.29. The van der Waals surface area contributed by atoms with Gasteiger partial charge in [-0.2, -0.15) is 4.31 Å². The van der Waals surface area contributed by atoms with Gasteiger partial charge in [-0.25, -0.2) is 17.6 Å². The minimum Gasteiger partial charge on any atom is -0.492 e. The van der Waals surface area contributed by atoms with Crippen LogP contribution < -0.4 is 15.4 Å². The van der Waals surface area contributed by atoms with Gasteiger partial charge in [-0.05, 0) is 68.5 Å². The Kier molecular flexibility index (Phi) is 7.86. The van der Waals surface area contributed by atoms with Crippen LogP contribution in [0.3, 0.4) is 0 Å². The second-order valence-electron chi connectivity index (χ2n) is 7.40. The van der Waals surface area contributed by atoms with Crippen LogP contribution in [0.5, 0.6) is 5.75 Å². The molecule has 0 radical (unpaired) electrons. The van der Waals surface area contributed by atoms with Gasteiger partial charge in [-0.1, -0.05) is 12.1 Å². The molecule has 2 N–H and O–H groups in total. The van der Waals surface area contributed by atoms with Gasteiger partial charge in [0.15, 0.2) is 0 Å². The Morgan fingerprint density at radius 1 is 1.13 bits per heavy atom. The molecule has 2 amide bonds. The molecule has 0 aromatic heterocycles. The zero-order valence-electron chi connectivity index (χ0n) is 17.5. The second kappa shape index (κ2) is 10.6. The monoisotopic (exact) mass is 449 g/mol. The van der Waals surface area contributed by atoms with Crippen molar-refractivity contribution in [2.45, 2.75) is 31.1 Å². The molecule has 0 aliphatic carbocycles. The third-order valence-electron chi connectivity index (χ3n) is 5.30. The summed E-state index contributed by atoms with van der Waals surface area (Å²) < 4.78 is 45.4. The molecule has 2 aromatic carbocycles. The number of carbonyl (C=O) groups excluding carboxylic acids is 1. The summed E-state index contributed by atoms with van der Waals surface area (Å²) in [5.41, 5.74) is 0.612. The second-order valence-corrected chi connectivity index (χ2v) is 9.34. The predicted octanol–water partition coefficient (Wildman–Crippen LogP) is 3.84. The molecule has 0 saturated carbocycles. The Morgan fingerprint density at radius 3 is 2.48 bits per heavy atom.